The molecule has 0 aliphatic heterocycles. The second-order valence-electron chi connectivity index (χ2n) is 4.40. The number of aliphatic hydroxyl groups excluding tert-OH is 1. The Hall–Kier alpha value is -1.39. The molecule has 2 rings (SSSR count). The lowest BCUT2D eigenvalue weighted by Gasteiger charge is -2.13. The highest BCUT2D eigenvalue weighted by Crippen LogP contribution is 2.22. The van der Waals surface area contributed by atoms with Crippen molar-refractivity contribution in [1.82, 2.24) is 5.32 Å². The van der Waals surface area contributed by atoms with E-state index in [0.717, 1.165) is 4.47 Å². The SMILES string of the molecule is N#Cc1ccccc1OCC(O)CNCc1sccc1Br. The average Bonchev–Trinajstić information content (AvgIpc) is 2.91. The predicted molar refractivity (Wildman–Crippen MR) is 86.4 cm³/mol. The van der Waals surface area contributed by atoms with E-state index in [1.54, 1.807) is 35.6 Å². The number of thiophene rings is 1. The third-order valence-corrected chi connectivity index (χ3v) is 4.72. The second kappa shape index (κ2) is 8.15. The van der Waals surface area contributed by atoms with E-state index in [1.807, 2.05) is 11.4 Å². The molecule has 0 saturated carbocycles. The molecule has 1 aromatic carbocycles. The van der Waals surface area contributed by atoms with Crippen molar-refractivity contribution in [3.05, 3.63) is 50.6 Å². The zero-order valence-corrected chi connectivity index (χ0v) is 13.7. The van der Waals surface area contributed by atoms with Gasteiger partial charge in [0.05, 0.1) is 5.56 Å². The van der Waals surface area contributed by atoms with E-state index >= 15 is 0 Å². The van der Waals surface area contributed by atoms with E-state index in [0.29, 0.717) is 24.4 Å². The maximum absolute atomic E-state index is 9.89. The van der Waals surface area contributed by atoms with Crippen LogP contribution in [-0.2, 0) is 6.54 Å². The van der Waals surface area contributed by atoms with Crippen LogP contribution in [0.15, 0.2) is 40.2 Å². The molecule has 0 aliphatic rings. The summed E-state index contributed by atoms with van der Waals surface area (Å²) < 4.78 is 6.56. The summed E-state index contributed by atoms with van der Waals surface area (Å²) in [7, 11) is 0. The maximum Gasteiger partial charge on any atom is 0.137 e. The van der Waals surface area contributed by atoms with Crippen molar-refractivity contribution in [2.75, 3.05) is 13.2 Å². The summed E-state index contributed by atoms with van der Waals surface area (Å²) >= 11 is 5.12. The van der Waals surface area contributed by atoms with Crippen LogP contribution >= 0.6 is 27.3 Å². The van der Waals surface area contributed by atoms with Crippen LogP contribution in [0.5, 0.6) is 5.75 Å². The number of hydrogen-bond donors (Lipinski definition) is 2. The first-order chi connectivity index (χ1) is 10.2. The molecule has 1 aromatic heterocycles. The summed E-state index contributed by atoms with van der Waals surface area (Å²) in [6.07, 6.45) is -0.629. The fraction of sp³-hybridized carbons (Fsp3) is 0.267. The molecular weight excluding hydrogens is 352 g/mol. The molecule has 6 heteroatoms. The molecule has 110 valence electrons. The standard InChI is InChI=1S/C15H15BrN2O2S/c16-13-5-6-21-15(13)9-18-8-12(19)10-20-14-4-2-1-3-11(14)7-17/h1-6,12,18-19H,8-10H2. The lowest BCUT2D eigenvalue weighted by molar-refractivity contribution is 0.106. The normalized spacial score (nSPS) is 11.9. The third-order valence-electron chi connectivity index (χ3n) is 2.80. The van der Waals surface area contributed by atoms with Crippen LogP contribution in [-0.4, -0.2) is 24.4 Å². The van der Waals surface area contributed by atoms with Gasteiger partial charge in [-0.25, -0.2) is 0 Å². The Morgan fingerprint density at radius 2 is 2.19 bits per heavy atom. The van der Waals surface area contributed by atoms with Gasteiger partial charge in [0.25, 0.3) is 0 Å². The fourth-order valence-corrected chi connectivity index (χ4v) is 3.20. The zero-order valence-electron chi connectivity index (χ0n) is 11.3. The summed E-state index contributed by atoms with van der Waals surface area (Å²) in [6.45, 7) is 1.28. The van der Waals surface area contributed by atoms with Gasteiger partial charge >= 0.3 is 0 Å². The molecule has 0 bridgehead atoms. The Morgan fingerprint density at radius 3 is 2.90 bits per heavy atom. The van der Waals surface area contributed by atoms with Crippen LogP contribution < -0.4 is 10.1 Å². The van der Waals surface area contributed by atoms with Gasteiger partial charge in [-0.1, -0.05) is 12.1 Å². The molecule has 2 aromatic rings. The van der Waals surface area contributed by atoms with Gasteiger partial charge in [-0.2, -0.15) is 5.26 Å². The quantitative estimate of drug-likeness (QED) is 0.790. The number of benzene rings is 1. The molecule has 0 saturated heterocycles. The van der Waals surface area contributed by atoms with Crippen molar-refractivity contribution in [3.63, 3.8) is 0 Å². The summed E-state index contributed by atoms with van der Waals surface area (Å²) in [4.78, 5) is 1.19. The van der Waals surface area contributed by atoms with Crippen LogP contribution in [0.1, 0.15) is 10.4 Å². The number of halogens is 1. The van der Waals surface area contributed by atoms with E-state index in [1.165, 1.54) is 4.88 Å². The Kier molecular flexibility index (Phi) is 6.21. The number of ether oxygens (including phenoxy) is 1. The van der Waals surface area contributed by atoms with Gasteiger partial charge in [-0.05, 0) is 39.5 Å². The molecule has 21 heavy (non-hydrogen) atoms. The number of nitriles is 1. The van der Waals surface area contributed by atoms with Crippen molar-refractivity contribution in [2.24, 2.45) is 0 Å². The third kappa shape index (κ3) is 4.83. The highest BCUT2D eigenvalue weighted by atomic mass is 79.9. The lowest BCUT2D eigenvalue weighted by Crippen LogP contribution is -2.31. The molecule has 0 spiro atoms. The number of nitrogens with one attached hydrogen (secondary N) is 1. The number of hydrogen-bond acceptors (Lipinski definition) is 5. The first-order valence-corrected chi connectivity index (χ1v) is 8.10. The summed E-state index contributed by atoms with van der Waals surface area (Å²) in [6, 6.07) is 11.1. The second-order valence-corrected chi connectivity index (χ2v) is 6.25. The average molecular weight is 367 g/mol. The van der Waals surface area contributed by atoms with E-state index in [-0.39, 0.29) is 6.61 Å². The predicted octanol–water partition coefficient (Wildman–Crippen LogP) is 2.91. The van der Waals surface area contributed by atoms with Gasteiger partial charge in [0, 0.05) is 22.4 Å². The van der Waals surface area contributed by atoms with Gasteiger partial charge in [-0.3, -0.25) is 0 Å². The monoisotopic (exact) mass is 366 g/mol. The van der Waals surface area contributed by atoms with Gasteiger partial charge in [0.15, 0.2) is 0 Å². The molecule has 0 amide bonds. The Labute approximate surface area is 136 Å². The molecule has 4 nitrogen and oxygen atoms in total. The van der Waals surface area contributed by atoms with Crippen LogP contribution in [0.3, 0.4) is 0 Å². The zero-order chi connectivity index (χ0) is 15.1. The first kappa shape index (κ1) is 16.0. The van der Waals surface area contributed by atoms with Crippen molar-refractivity contribution >= 4 is 27.3 Å². The molecule has 0 fully saturated rings. The molecule has 0 aliphatic carbocycles. The van der Waals surface area contributed by atoms with Gasteiger partial charge in [-0.15, -0.1) is 11.3 Å². The van der Waals surface area contributed by atoms with Crippen LogP contribution in [0.25, 0.3) is 0 Å². The largest absolute Gasteiger partial charge is 0.489 e. The molecule has 0 radical (unpaired) electrons. The minimum atomic E-state index is -0.629. The van der Waals surface area contributed by atoms with Gasteiger partial charge in [0.2, 0.25) is 0 Å². The van der Waals surface area contributed by atoms with Gasteiger partial charge in [0.1, 0.15) is 24.5 Å². The Balaban J connectivity index is 1.74. The summed E-state index contributed by atoms with van der Waals surface area (Å²) in [5.74, 6) is 0.500. The highest BCUT2D eigenvalue weighted by molar-refractivity contribution is 9.10. The minimum absolute atomic E-state index is 0.150. The van der Waals surface area contributed by atoms with E-state index in [9.17, 15) is 5.11 Å². The van der Waals surface area contributed by atoms with Crippen molar-refractivity contribution in [3.8, 4) is 11.8 Å². The highest BCUT2D eigenvalue weighted by Gasteiger charge is 2.08. The number of nitrogens with zero attached hydrogens (tertiary/aromatic N) is 1. The molecular formula is C15H15BrN2O2S. The molecule has 1 unspecified atom stereocenters. The summed E-state index contributed by atoms with van der Waals surface area (Å²) in [5.41, 5.74) is 0.472. The van der Waals surface area contributed by atoms with E-state index < -0.39 is 6.10 Å². The van der Waals surface area contributed by atoms with Crippen molar-refractivity contribution < 1.29 is 9.84 Å². The van der Waals surface area contributed by atoms with Crippen molar-refractivity contribution in [2.45, 2.75) is 12.6 Å². The van der Waals surface area contributed by atoms with E-state index in [4.69, 9.17) is 10.00 Å². The van der Waals surface area contributed by atoms with Crippen molar-refractivity contribution in [1.29, 1.82) is 5.26 Å². The topological polar surface area (TPSA) is 65.3 Å². The van der Waals surface area contributed by atoms with Crippen LogP contribution in [0.4, 0.5) is 0 Å². The van der Waals surface area contributed by atoms with E-state index in [2.05, 4.69) is 27.3 Å². The Bertz CT molecular complexity index is 624. The van der Waals surface area contributed by atoms with Gasteiger partial charge < -0.3 is 15.2 Å². The number of para-hydroxylation sites is 1. The fourth-order valence-electron chi connectivity index (χ4n) is 1.73. The number of rotatable bonds is 7. The van der Waals surface area contributed by atoms with Crippen LogP contribution in [0, 0.1) is 11.3 Å². The Morgan fingerprint density at radius 1 is 1.38 bits per heavy atom. The minimum Gasteiger partial charge on any atom is -0.489 e. The lowest BCUT2D eigenvalue weighted by atomic mass is 10.2. The summed E-state index contributed by atoms with van der Waals surface area (Å²) in [5, 5.41) is 24.0. The molecule has 1 heterocycles. The molecule has 2 N–H and O–H groups in total. The number of aliphatic hydroxyl groups is 1. The smallest absolute Gasteiger partial charge is 0.137 e. The maximum atomic E-state index is 9.89. The first-order valence-electron chi connectivity index (χ1n) is 6.43. The van der Waals surface area contributed by atoms with Crippen LogP contribution in [0.2, 0.25) is 0 Å². The molecule has 1 atom stereocenters.